The molecule has 7 heteroatoms. The largest absolute Gasteiger partial charge is 0.332 e. The zero-order valence-corrected chi connectivity index (χ0v) is 18.5. The van der Waals surface area contributed by atoms with E-state index in [1.54, 1.807) is 25.1 Å². The average molecular weight is 443 g/mol. The van der Waals surface area contributed by atoms with E-state index in [0.717, 1.165) is 16.8 Å². The van der Waals surface area contributed by atoms with Gasteiger partial charge >= 0.3 is 0 Å². The highest BCUT2D eigenvalue weighted by molar-refractivity contribution is 7.80. The molecule has 0 saturated carbocycles. The molecule has 4 aromatic rings. The summed E-state index contributed by atoms with van der Waals surface area (Å²) in [6.07, 6.45) is 0. The predicted molar refractivity (Wildman–Crippen MR) is 132 cm³/mol. The Bertz CT molecular complexity index is 1370. The van der Waals surface area contributed by atoms with E-state index < -0.39 is 11.9 Å². The van der Waals surface area contributed by atoms with E-state index in [4.69, 9.17) is 17.2 Å². The number of para-hydroxylation sites is 1. The zero-order valence-electron chi connectivity index (χ0n) is 17.7. The van der Waals surface area contributed by atoms with E-state index >= 15 is 0 Å². The number of hydrogen-bond donors (Lipinski definition) is 2. The van der Waals surface area contributed by atoms with Gasteiger partial charge < -0.3 is 10.6 Å². The van der Waals surface area contributed by atoms with Crippen LogP contribution in [0.3, 0.4) is 0 Å². The molecule has 1 aromatic heterocycles. The molecule has 160 valence electrons. The Morgan fingerprint density at radius 1 is 1.00 bits per heavy atom. The number of nitrogens with zero attached hydrogens (tertiary/aromatic N) is 2. The van der Waals surface area contributed by atoms with Gasteiger partial charge in [0.25, 0.3) is 5.56 Å². The van der Waals surface area contributed by atoms with Crippen LogP contribution in [-0.2, 0) is 4.79 Å². The fourth-order valence-corrected chi connectivity index (χ4v) is 3.73. The summed E-state index contributed by atoms with van der Waals surface area (Å²) in [6, 6.07) is 23.3. The highest BCUT2D eigenvalue weighted by atomic mass is 32.1. The molecule has 0 aliphatic rings. The van der Waals surface area contributed by atoms with Crippen LogP contribution in [0.4, 0.5) is 5.69 Å². The Hall–Kier alpha value is -3.84. The van der Waals surface area contributed by atoms with Crippen LogP contribution in [0.1, 0.15) is 18.5 Å². The van der Waals surface area contributed by atoms with Crippen molar-refractivity contribution in [2.45, 2.75) is 19.9 Å². The average Bonchev–Trinajstić information content (AvgIpc) is 2.79. The molecule has 32 heavy (non-hydrogen) atoms. The summed E-state index contributed by atoms with van der Waals surface area (Å²) in [5.41, 5.74) is 2.89. The Kier molecular flexibility index (Phi) is 6.09. The third-order valence-electron chi connectivity index (χ3n) is 5.12. The zero-order chi connectivity index (χ0) is 22.7. The second kappa shape index (κ2) is 9.11. The maximum absolute atomic E-state index is 13.4. The van der Waals surface area contributed by atoms with Crippen molar-refractivity contribution in [3.63, 3.8) is 0 Å². The molecular weight excluding hydrogens is 420 g/mol. The number of fused-ring (bicyclic) bond motifs is 1. The summed E-state index contributed by atoms with van der Waals surface area (Å²) in [5.74, 6) is 0.0148. The van der Waals surface area contributed by atoms with E-state index in [2.05, 4.69) is 10.6 Å². The summed E-state index contributed by atoms with van der Waals surface area (Å²) in [6.45, 7) is 3.63. The van der Waals surface area contributed by atoms with Gasteiger partial charge in [-0.25, -0.2) is 4.98 Å². The van der Waals surface area contributed by atoms with Crippen LogP contribution in [0, 0.1) is 6.92 Å². The normalized spacial score (nSPS) is 11.7. The Morgan fingerprint density at radius 2 is 1.72 bits per heavy atom. The third-order valence-corrected chi connectivity index (χ3v) is 5.32. The number of rotatable bonds is 4. The van der Waals surface area contributed by atoms with Crippen LogP contribution < -0.4 is 16.2 Å². The maximum atomic E-state index is 13.4. The third kappa shape index (κ3) is 4.43. The molecule has 1 atom stereocenters. The highest BCUT2D eigenvalue weighted by Gasteiger charge is 2.23. The lowest BCUT2D eigenvalue weighted by molar-refractivity contribution is -0.122. The number of aromatic nitrogens is 2. The summed E-state index contributed by atoms with van der Waals surface area (Å²) >= 11 is 5.31. The minimum Gasteiger partial charge on any atom is -0.332 e. The van der Waals surface area contributed by atoms with Gasteiger partial charge in [-0.05, 0) is 55.9 Å². The number of carbonyl (C=O) groups excluding carboxylic acids is 1. The van der Waals surface area contributed by atoms with Gasteiger partial charge in [-0.2, -0.15) is 0 Å². The smallest absolute Gasteiger partial charge is 0.262 e. The molecule has 0 spiro atoms. The van der Waals surface area contributed by atoms with Crippen LogP contribution in [0.2, 0.25) is 0 Å². The van der Waals surface area contributed by atoms with Crippen molar-refractivity contribution in [3.8, 4) is 11.4 Å². The fourth-order valence-electron chi connectivity index (χ4n) is 3.51. The molecule has 3 aromatic carbocycles. The van der Waals surface area contributed by atoms with Crippen LogP contribution in [-0.4, -0.2) is 20.6 Å². The number of anilines is 1. The topological polar surface area (TPSA) is 76.0 Å². The molecule has 1 unspecified atom stereocenters. The van der Waals surface area contributed by atoms with Crippen molar-refractivity contribution in [1.82, 2.24) is 14.9 Å². The van der Waals surface area contributed by atoms with Gasteiger partial charge in [0, 0.05) is 11.3 Å². The van der Waals surface area contributed by atoms with E-state index in [9.17, 15) is 9.59 Å². The van der Waals surface area contributed by atoms with Crippen molar-refractivity contribution < 1.29 is 4.79 Å². The van der Waals surface area contributed by atoms with Crippen molar-refractivity contribution in [2.75, 3.05) is 5.32 Å². The van der Waals surface area contributed by atoms with Crippen molar-refractivity contribution in [2.24, 2.45) is 0 Å². The van der Waals surface area contributed by atoms with E-state index in [1.165, 1.54) is 4.57 Å². The van der Waals surface area contributed by atoms with Crippen molar-refractivity contribution in [3.05, 3.63) is 94.8 Å². The number of carbonyl (C=O) groups is 1. The summed E-state index contributed by atoms with van der Waals surface area (Å²) in [5, 5.41) is 6.31. The highest BCUT2D eigenvalue weighted by Crippen LogP contribution is 2.22. The first-order chi connectivity index (χ1) is 15.4. The molecule has 6 nitrogen and oxygen atoms in total. The van der Waals surface area contributed by atoms with Gasteiger partial charge in [-0.1, -0.05) is 54.6 Å². The first-order valence-corrected chi connectivity index (χ1v) is 10.6. The number of nitrogens with one attached hydrogen (secondary N) is 2. The van der Waals surface area contributed by atoms with Crippen LogP contribution in [0.5, 0.6) is 0 Å². The molecular formula is C25H22N4O2S. The second-order valence-electron chi connectivity index (χ2n) is 7.48. The molecule has 1 heterocycles. The molecule has 2 N–H and O–H groups in total. The van der Waals surface area contributed by atoms with E-state index in [0.29, 0.717) is 16.7 Å². The molecule has 4 rings (SSSR count). The number of amides is 1. The Morgan fingerprint density at radius 3 is 2.47 bits per heavy atom. The van der Waals surface area contributed by atoms with Crippen molar-refractivity contribution in [1.29, 1.82) is 0 Å². The first kappa shape index (κ1) is 21.4. The predicted octanol–water partition coefficient (Wildman–Crippen LogP) is 4.45. The molecule has 0 aliphatic carbocycles. The van der Waals surface area contributed by atoms with Crippen molar-refractivity contribution >= 4 is 39.8 Å². The summed E-state index contributed by atoms with van der Waals surface area (Å²) in [7, 11) is 0. The van der Waals surface area contributed by atoms with Gasteiger partial charge in [0.2, 0.25) is 5.91 Å². The molecule has 0 saturated heterocycles. The second-order valence-corrected chi connectivity index (χ2v) is 7.89. The fraction of sp³-hybridized carbons (Fsp3) is 0.120. The van der Waals surface area contributed by atoms with Gasteiger partial charge in [0.05, 0.1) is 10.9 Å². The van der Waals surface area contributed by atoms with Crippen LogP contribution >= 0.6 is 12.2 Å². The minimum absolute atomic E-state index is 0.163. The SMILES string of the molecule is Cc1cccc(NC(=S)NC(=O)C(C)n2c(-c3ccccc3)nc3ccccc3c2=O)c1. The van der Waals surface area contributed by atoms with E-state index in [1.807, 2.05) is 67.6 Å². The van der Waals surface area contributed by atoms with Crippen LogP contribution in [0.15, 0.2) is 83.7 Å². The molecule has 1 amide bonds. The monoisotopic (exact) mass is 442 g/mol. The lowest BCUT2D eigenvalue weighted by Gasteiger charge is -2.20. The maximum Gasteiger partial charge on any atom is 0.262 e. The minimum atomic E-state index is -0.841. The molecule has 0 fully saturated rings. The summed E-state index contributed by atoms with van der Waals surface area (Å²) < 4.78 is 1.42. The Labute approximate surface area is 190 Å². The molecule has 0 radical (unpaired) electrons. The number of thiocarbonyl (C=S) groups is 1. The first-order valence-electron chi connectivity index (χ1n) is 10.2. The van der Waals surface area contributed by atoms with Gasteiger partial charge in [0.1, 0.15) is 11.9 Å². The molecule has 0 aliphatic heterocycles. The van der Waals surface area contributed by atoms with Gasteiger partial charge in [-0.3, -0.25) is 14.2 Å². The van der Waals surface area contributed by atoms with Gasteiger partial charge in [0.15, 0.2) is 5.11 Å². The quantitative estimate of drug-likeness (QED) is 0.457. The van der Waals surface area contributed by atoms with Crippen LogP contribution in [0.25, 0.3) is 22.3 Å². The number of aryl methyl sites for hydroxylation is 1. The molecule has 0 bridgehead atoms. The van der Waals surface area contributed by atoms with E-state index in [-0.39, 0.29) is 10.7 Å². The standard InChI is InChI=1S/C25H22N4O2S/c1-16-9-8-12-19(15-16)26-25(32)28-23(30)17(2)29-22(18-10-4-3-5-11-18)27-21-14-7-6-13-20(21)24(29)31/h3-15,17H,1-2H3,(H2,26,28,30,32). The summed E-state index contributed by atoms with van der Waals surface area (Å²) in [4.78, 5) is 31.1. The number of benzene rings is 3. The van der Waals surface area contributed by atoms with Gasteiger partial charge in [-0.15, -0.1) is 0 Å². The Balaban J connectivity index is 1.68. The lowest BCUT2D eigenvalue weighted by atomic mass is 10.1. The number of hydrogen-bond acceptors (Lipinski definition) is 4. The lowest BCUT2D eigenvalue weighted by Crippen LogP contribution is -2.41.